The number of hydrogen-bond acceptors (Lipinski definition) is 4. The van der Waals surface area contributed by atoms with Crippen LogP contribution in [0.2, 0.25) is 0 Å². The third-order valence-corrected chi connectivity index (χ3v) is 5.93. The van der Waals surface area contributed by atoms with Crippen LogP contribution in [0.15, 0.2) is 29.2 Å². The molecular weight excluding hydrogens is 356 g/mol. The number of rotatable bonds is 6. The van der Waals surface area contributed by atoms with Crippen LogP contribution in [0, 0.1) is 12.3 Å². The van der Waals surface area contributed by atoms with E-state index < -0.39 is 27.4 Å². The van der Waals surface area contributed by atoms with Crippen LogP contribution >= 0.6 is 0 Å². The molecule has 26 heavy (non-hydrogen) atoms. The minimum absolute atomic E-state index is 0.0216. The summed E-state index contributed by atoms with van der Waals surface area (Å²) in [6.07, 6.45) is 9.18. The van der Waals surface area contributed by atoms with E-state index in [1.54, 1.807) is 0 Å². The highest BCUT2D eigenvalue weighted by Crippen LogP contribution is 2.28. The van der Waals surface area contributed by atoms with Crippen LogP contribution in [0.4, 0.5) is 0 Å². The van der Waals surface area contributed by atoms with Crippen molar-refractivity contribution >= 4 is 21.9 Å². The predicted molar refractivity (Wildman–Crippen MR) is 96.0 cm³/mol. The van der Waals surface area contributed by atoms with Gasteiger partial charge in [0.25, 0.3) is 5.91 Å². The molecule has 0 aromatic heterocycles. The van der Waals surface area contributed by atoms with Gasteiger partial charge in [-0.25, -0.2) is 13.2 Å². The average molecular weight is 378 g/mol. The van der Waals surface area contributed by atoms with Crippen LogP contribution in [-0.4, -0.2) is 37.5 Å². The van der Waals surface area contributed by atoms with Gasteiger partial charge in [0.15, 0.2) is 0 Å². The number of nitrogens with one attached hydrogen (secondary N) is 2. The summed E-state index contributed by atoms with van der Waals surface area (Å²) in [6, 6.07) is 5.28. The lowest BCUT2D eigenvalue weighted by molar-refractivity contribution is -0.145. The standard InChI is InChI=1S/C18H22N2O5S/c1-2-13-19-26(24,25)15-9-7-14(8-10-15)16(21)20-18(17(22)23)11-5-3-4-6-12-18/h1,7-10,19H,3-6,11-13H2,(H,20,21)(H,22,23). The molecule has 1 amide bonds. The number of amides is 1. The van der Waals surface area contributed by atoms with E-state index in [9.17, 15) is 23.1 Å². The molecule has 3 N–H and O–H groups in total. The topological polar surface area (TPSA) is 113 Å². The third-order valence-electron chi connectivity index (χ3n) is 4.51. The lowest BCUT2D eigenvalue weighted by Gasteiger charge is -2.29. The van der Waals surface area contributed by atoms with Crippen LogP contribution in [0.3, 0.4) is 0 Å². The fraction of sp³-hybridized carbons (Fsp3) is 0.444. The van der Waals surface area contributed by atoms with Crippen LogP contribution in [0.25, 0.3) is 0 Å². The van der Waals surface area contributed by atoms with Gasteiger partial charge in [0.05, 0.1) is 11.4 Å². The number of aliphatic carboxylic acids is 1. The van der Waals surface area contributed by atoms with Crippen LogP contribution in [0.1, 0.15) is 48.9 Å². The molecule has 0 radical (unpaired) electrons. The molecule has 0 spiro atoms. The lowest BCUT2D eigenvalue weighted by Crippen LogP contribution is -2.54. The second-order valence-corrected chi connectivity index (χ2v) is 8.08. The number of sulfonamides is 1. The zero-order valence-electron chi connectivity index (χ0n) is 14.3. The van der Waals surface area contributed by atoms with E-state index in [0.717, 1.165) is 25.7 Å². The predicted octanol–water partition coefficient (Wildman–Crippen LogP) is 1.51. The Kier molecular flexibility index (Phi) is 6.40. The van der Waals surface area contributed by atoms with Crippen LogP contribution < -0.4 is 10.0 Å². The molecule has 0 unspecified atom stereocenters. The Bertz CT molecular complexity index is 801. The highest BCUT2D eigenvalue weighted by Gasteiger charge is 2.40. The molecule has 7 nitrogen and oxygen atoms in total. The number of benzene rings is 1. The number of terminal acetylenes is 1. The molecule has 1 aromatic carbocycles. The SMILES string of the molecule is C#CCNS(=O)(=O)c1ccc(C(=O)NC2(C(=O)O)CCCCCC2)cc1. The Morgan fingerprint density at radius 2 is 1.69 bits per heavy atom. The first-order chi connectivity index (χ1) is 12.3. The van der Waals surface area contributed by atoms with E-state index in [2.05, 4.69) is 16.0 Å². The summed E-state index contributed by atoms with van der Waals surface area (Å²) in [6.45, 7) is -0.133. The molecule has 140 valence electrons. The molecule has 1 aliphatic rings. The van der Waals surface area contributed by atoms with E-state index in [-0.39, 0.29) is 17.0 Å². The fourth-order valence-electron chi connectivity index (χ4n) is 3.02. The average Bonchev–Trinajstić information content (AvgIpc) is 2.86. The van der Waals surface area contributed by atoms with E-state index in [0.29, 0.717) is 12.8 Å². The second kappa shape index (κ2) is 8.34. The molecule has 1 fully saturated rings. The molecule has 0 aliphatic heterocycles. The summed E-state index contributed by atoms with van der Waals surface area (Å²) < 4.78 is 26.2. The molecule has 1 saturated carbocycles. The quantitative estimate of drug-likeness (QED) is 0.513. The van der Waals surface area contributed by atoms with Crippen molar-refractivity contribution in [2.24, 2.45) is 0 Å². The molecule has 0 atom stereocenters. The van der Waals surface area contributed by atoms with Crippen molar-refractivity contribution in [3.05, 3.63) is 29.8 Å². The number of carbonyl (C=O) groups is 2. The molecule has 8 heteroatoms. The first-order valence-corrected chi connectivity index (χ1v) is 9.88. The Hall–Kier alpha value is -2.37. The minimum Gasteiger partial charge on any atom is -0.480 e. The second-order valence-electron chi connectivity index (χ2n) is 6.31. The summed E-state index contributed by atoms with van der Waals surface area (Å²) in [5, 5.41) is 12.3. The molecule has 1 aromatic rings. The Balaban J connectivity index is 2.16. The largest absolute Gasteiger partial charge is 0.480 e. The molecule has 2 rings (SSSR count). The van der Waals surface area contributed by atoms with Gasteiger partial charge in [0.1, 0.15) is 5.54 Å². The summed E-state index contributed by atoms with van der Waals surface area (Å²) in [7, 11) is -3.74. The molecule has 0 saturated heterocycles. The van der Waals surface area contributed by atoms with Gasteiger partial charge >= 0.3 is 5.97 Å². The normalized spacial score (nSPS) is 16.9. The Morgan fingerprint density at radius 3 is 2.19 bits per heavy atom. The van der Waals surface area contributed by atoms with Crippen molar-refractivity contribution in [2.45, 2.75) is 49.0 Å². The first kappa shape index (κ1) is 19.9. The maximum atomic E-state index is 12.5. The molecule has 0 bridgehead atoms. The van der Waals surface area contributed by atoms with Crippen LogP contribution in [0.5, 0.6) is 0 Å². The van der Waals surface area contributed by atoms with Crippen molar-refractivity contribution in [2.75, 3.05) is 6.54 Å². The number of carboxylic acids is 1. The molecule has 0 heterocycles. The van der Waals surface area contributed by atoms with E-state index >= 15 is 0 Å². The van der Waals surface area contributed by atoms with Gasteiger partial charge in [-0.2, -0.15) is 4.72 Å². The van der Waals surface area contributed by atoms with Gasteiger partial charge in [-0.05, 0) is 37.1 Å². The monoisotopic (exact) mass is 378 g/mol. The highest BCUT2D eigenvalue weighted by atomic mass is 32.2. The Morgan fingerprint density at radius 1 is 1.12 bits per heavy atom. The van der Waals surface area contributed by atoms with Crippen molar-refractivity contribution in [1.82, 2.24) is 10.0 Å². The molecule has 1 aliphatic carbocycles. The van der Waals surface area contributed by atoms with Gasteiger partial charge in [-0.1, -0.05) is 31.6 Å². The smallest absolute Gasteiger partial charge is 0.329 e. The van der Waals surface area contributed by atoms with Crippen molar-refractivity contribution in [3.63, 3.8) is 0 Å². The summed E-state index contributed by atoms with van der Waals surface area (Å²) in [5.74, 6) is 0.609. The highest BCUT2D eigenvalue weighted by molar-refractivity contribution is 7.89. The first-order valence-electron chi connectivity index (χ1n) is 8.40. The van der Waals surface area contributed by atoms with Gasteiger partial charge in [0.2, 0.25) is 10.0 Å². The van der Waals surface area contributed by atoms with Crippen molar-refractivity contribution in [1.29, 1.82) is 0 Å². The lowest BCUT2D eigenvalue weighted by atomic mass is 9.90. The number of hydrogen-bond donors (Lipinski definition) is 3. The van der Waals surface area contributed by atoms with Crippen LogP contribution in [-0.2, 0) is 14.8 Å². The van der Waals surface area contributed by atoms with E-state index in [1.807, 2.05) is 0 Å². The zero-order valence-corrected chi connectivity index (χ0v) is 15.1. The van der Waals surface area contributed by atoms with Gasteiger partial charge in [0, 0.05) is 5.56 Å². The Labute approximate surface area is 153 Å². The van der Waals surface area contributed by atoms with Gasteiger partial charge < -0.3 is 10.4 Å². The fourth-order valence-corrected chi connectivity index (χ4v) is 3.95. The number of carbonyl (C=O) groups excluding carboxylic acids is 1. The number of carboxylic acid groups (broad SMARTS) is 1. The summed E-state index contributed by atoms with van der Waals surface area (Å²) >= 11 is 0. The van der Waals surface area contributed by atoms with Gasteiger partial charge in [-0.3, -0.25) is 4.79 Å². The van der Waals surface area contributed by atoms with Crippen molar-refractivity contribution < 1.29 is 23.1 Å². The van der Waals surface area contributed by atoms with Gasteiger partial charge in [-0.15, -0.1) is 6.42 Å². The molecular formula is C18H22N2O5S. The maximum absolute atomic E-state index is 12.5. The third kappa shape index (κ3) is 4.62. The van der Waals surface area contributed by atoms with E-state index in [1.165, 1.54) is 24.3 Å². The summed E-state index contributed by atoms with van der Waals surface area (Å²) in [4.78, 5) is 24.2. The van der Waals surface area contributed by atoms with Crippen molar-refractivity contribution in [3.8, 4) is 12.3 Å². The zero-order chi connectivity index (χ0) is 19.2. The summed E-state index contributed by atoms with van der Waals surface area (Å²) in [5.41, 5.74) is -1.07. The maximum Gasteiger partial charge on any atom is 0.329 e. The minimum atomic E-state index is -3.74. The van der Waals surface area contributed by atoms with E-state index in [4.69, 9.17) is 6.42 Å².